The molecule has 1 N–H and O–H groups in total. The Bertz CT molecular complexity index is 1190. The molecule has 0 radical (unpaired) electrons. The first-order valence-electron chi connectivity index (χ1n) is 8.99. The van der Waals surface area contributed by atoms with Gasteiger partial charge in [-0.3, -0.25) is 0 Å². The number of rotatable bonds is 4. The molecule has 3 aromatic rings. The first kappa shape index (κ1) is 22.7. The smallest absolute Gasteiger partial charge is 0.744 e. The van der Waals surface area contributed by atoms with Gasteiger partial charge in [-0.05, 0) is 12.1 Å². The molecule has 1 fully saturated rings. The Morgan fingerprint density at radius 1 is 0.967 bits per heavy atom. The van der Waals surface area contributed by atoms with E-state index in [1.807, 2.05) is 24.3 Å². The molecule has 0 aliphatic carbocycles. The molecule has 0 unspecified atom stereocenters. The Morgan fingerprint density at radius 3 is 2.30 bits per heavy atom. The first-order chi connectivity index (χ1) is 13.9. The van der Waals surface area contributed by atoms with Crippen molar-refractivity contribution in [1.29, 1.82) is 0 Å². The summed E-state index contributed by atoms with van der Waals surface area (Å²) < 4.78 is 39.7. The molecule has 0 aromatic heterocycles. The molecule has 30 heavy (non-hydrogen) atoms. The Labute approximate surface area is 196 Å². The number of hydrogen-bond donors (Lipinski definition) is 1. The van der Waals surface area contributed by atoms with Crippen molar-refractivity contribution >= 4 is 38.0 Å². The minimum Gasteiger partial charge on any atom is -0.744 e. The number of fused-ring (bicyclic) bond motifs is 1. The van der Waals surface area contributed by atoms with E-state index < -0.39 is 15.0 Å². The van der Waals surface area contributed by atoms with Crippen LogP contribution >= 0.6 is 0 Å². The van der Waals surface area contributed by atoms with E-state index in [-0.39, 0.29) is 46.7 Å². The number of phenols is 1. The third-order valence-electron chi connectivity index (χ3n) is 4.72. The van der Waals surface area contributed by atoms with Gasteiger partial charge < -0.3 is 19.3 Å². The molecule has 10 heteroatoms. The van der Waals surface area contributed by atoms with E-state index in [1.54, 1.807) is 12.1 Å². The van der Waals surface area contributed by atoms with E-state index in [2.05, 4.69) is 15.1 Å². The molecular weight excluding hydrogens is 417 g/mol. The van der Waals surface area contributed by atoms with E-state index >= 15 is 0 Å². The maximum absolute atomic E-state index is 11.4. The van der Waals surface area contributed by atoms with Gasteiger partial charge >= 0.3 is 29.6 Å². The van der Waals surface area contributed by atoms with Gasteiger partial charge in [0, 0.05) is 35.6 Å². The monoisotopic (exact) mass is 435 g/mol. The second-order valence-electron chi connectivity index (χ2n) is 6.53. The third kappa shape index (κ3) is 4.66. The molecular formula is C20H18N3NaO5S. The SMILES string of the molecule is O=S(=O)([O-])c1ccccc1N=Nc1c(O)cc(N2CCOCC2)c2ccccc12.[Na+]. The summed E-state index contributed by atoms with van der Waals surface area (Å²) in [6.45, 7) is 2.63. The number of phenolic OH excluding ortho intramolecular Hbond substituents is 1. The van der Waals surface area contributed by atoms with Crippen LogP contribution in [0.25, 0.3) is 10.8 Å². The molecule has 0 bridgehead atoms. The summed E-state index contributed by atoms with van der Waals surface area (Å²) in [6.07, 6.45) is 0. The second-order valence-corrected chi connectivity index (χ2v) is 7.88. The summed E-state index contributed by atoms with van der Waals surface area (Å²) >= 11 is 0. The van der Waals surface area contributed by atoms with Gasteiger partial charge in [0.15, 0.2) is 0 Å². The van der Waals surface area contributed by atoms with Gasteiger partial charge in [-0.15, -0.1) is 10.2 Å². The average molecular weight is 435 g/mol. The molecule has 1 saturated heterocycles. The maximum Gasteiger partial charge on any atom is 1.00 e. The Kier molecular flexibility index (Phi) is 7.12. The second kappa shape index (κ2) is 9.42. The molecule has 150 valence electrons. The normalized spacial score (nSPS) is 14.8. The fourth-order valence-corrected chi connectivity index (χ4v) is 3.96. The van der Waals surface area contributed by atoms with Gasteiger partial charge in [0.2, 0.25) is 0 Å². The van der Waals surface area contributed by atoms with Crippen LogP contribution in [-0.4, -0.2) is 44.4 Å². The molecule has 1 aliphatic heterocycles. The van der Waals surface area contributed by atoms with Crippen molar-refractivity contribution in [3.05, 3.63) is 54.6 Å². The van der Waals surface area contributed by atoms with Crippen LogP contribution in [-0.2, 0) is 14.9 Å². The molecule has 8 nitrogen and oxygen atoms in total. The Hall–Kier alpha value is -2.01. The molecule has 0 atom stereocenters. The number of hydrogen-bond acceptors (Lipinski definition) is 8. The van der Waals surface area contributed by atoms with Crippen LogP contribution in [0.15, 0.2) is 69.7 Å². The Balaban J connectivity index is 0.00000256. The molecule has 1 heterocycles. The maximum atomic E-state index is 11.4. The van der Waals surface area contributed by atoms with Crippen LogP contribution in [0.1, 0.15) is 0 Å². The number of ether oxygens (including phenoxy) is 1. The summed E-state index contributed by atoms with van der Waals surface area (Å²) in [6, 6.07) is 14.6. The van der Waals surface area contributed by atoms with Crippen LogP contribution in [0.3, 0.4) is 0 Å². The summed E-state index contributed by atoms with van der Waals surface area (Å²) in [7, 11) is -4.70. The number of aromatic hydroxyl groups is 1. The van der Waals surface area contributed by atoms with E-state index in [4.69, 9.17) is 4.74 Å². The molecule has 0 spiro atoms. The standard InChI is InChI=1S/C20H19N3O5S.Na/c24-18-13-17(23-9-11-28-12-10-23)14-5-1-2-6-15(14)20(18)22-21-16-7-3-4-8-19(16)29(25,26)27;/h1-8,13,24H,9-12H2,(H,25,26,27);/q;+1/p-1. The van der Waals surface area contributed by atoms with E-state index in [9.17, 15) is 18.1 Å². The van der Waals surface area contributed by atoms with Crippen molar-refractivity contribution in [2.75, 3.05) is 31.2 Å². The zero-order valence-corrected chi connectivity index (χ0v) is 19.2. The van der Waals surface area contributed by atoms with Crippen LogP contribution in [0.5, 0.6) is 5.75 Å². The van der Waals surface area contributed by atoms with E-state index in [0.717, 1.165) is 11.1 Å². The van der Waals surface area contributed by atoms with Gasteiger partial charge in [0.1, 0.15) is 27.2 Å². The number of nitrogens with zero attached hydrogens (tertiary/aromatic N) is 3. The first-order valence-corrected chi connectivity index (χ1v) is 10.4. The number of morpholine rings is 1. The van der Waals surface area contributed by atoms with Crippen LogP contribution in [0.4, 0.5) is 17.1 Å². The third-order valence-corrected chi connectivity index (χ3v) is 5.60. The molecule has 3 aromatic carbocycles. The zero-order chi connectivity index (χ0) is 20.4. The summed E-state index contributed by atoms with van der Waals surface area (Å²) in [4.78, 5) is 1.67. The summed E-state index contributed by atoms with van der Waals surface area (Å²) in [5, 5.41) is 20.2. The van der Waals surface area contributed by atoms with Gasteiger partial charge in [0.05, 0.1) is 18.1 Å². The van der Waals surface area contributed by atoms with Crippen molar-refractivity contribution < 1.29 is 52.4 Å². The summed E-state index contributed by atoms with van der Waals surface area (Å²) in [5.74, 6) is -0.0867. The largest absolute Gasteiger partial charge is 1.00 e. The Morgan fingerprint density at radius 2 is 1.60 bits per heavy atom. The van der Waals surface area contributed by atoms with Crippen molar-refractivity contribution in [2.24, 2.45) is 10.2 Å². The molecule has 0 amide bonds. The van der Waals surface area contributed by atoms with E-state index in [1.165, 1.54) is 18.2 Å². The van der Waals surface area contributed by atoms with Crippen molar-refractivity contribution in [1.82, 2.24) is 0 Å². The van der Waals surface area contributed by atoms with Crippen molar-refractivity contribution in [2.45, 2.75) is 4.90 Å². The number of anilines is 1. The van der Waals surface area contributed by atoms with E-state index in [0.29, 0.717) is 31.7 Å². The van der Waals surface area contributed by atoms with Crippen LogP contribution in [0.2, 0.25) is 0 Å². The van der Waals surface area contributed by atoms with Gasteiger partial charge in [-0.2, -0.15) is 0 Å². The minimum absolute atomic E-state index is 0. The number of azo groups is 1. The predicted octanol–water partition coefficient (Wildman–Crippen LogP) is 0.706. The molecule has 0 saturated carbocycles. The van der Waals surface area contributed by atoms with Crippen LogP contribution < -0.4 is 34.5 Å². The number of benzene rings is 3. The zero-order valence-electron chi connectivity index (χ0n) is 16.4. The molecule has 1 aliphatic rings. The topological polar surface area (TPSA) is 115 Å². The molecule has 4 rings (SSSR count). The van der Waals surface area contributed by atoms with Gasteiger partial charge in [-0.25, -0.2) is 8.42 Å². The quantitative estimate of drug-likeness (QED) is 0.367. The van der Waals surface area contributed by atoms with Crippen LogP contribution in [0, 0.1) is 0 Å². The van der Waals surface area contributed by atoms with Crippen molar-refractivity contribution in [3.8, 4) is 5.75 Å². The predicted molar refractivity (Wildman–Crippen MR) is 107 cm³/mol. The fraction of sp³-hybridized carbons (Fsp3) is 0.200. The van der Waals surface area contributed by atoms with Gasteiger partial charge in [-0.1, -0.05) is 36.4 Å². The fourth-order valence-electron chi connectivity index (χ4n) is 3.35. The average Bonchev–Trinajstić information content (AvgIpc) is 2.73. The minimum atomic E-state index is -4.70. The van der Waals surface area contributed by atoms with Crippen molar-refractivity contribution in [3.63, 3.8) is 0 Å². The summed E-state index contributed by atoms with van der Waals surface area (Å²) in [5.41, 5.74) is 0.988. The van der Waals surface area contributed by atoms with Gasteiger partial charge in [0.25, 0.3) is 0 Å².